The molecule has 2 aromatic carbocycles. The van der Waals surface area contributed by atoms with Gasteiger partial charge in [-0.05, 0) is 37.3 Å². The first kappa shape index (κ1) is 23.0. The Morgan fingerprint density at radius 1 is 1.21 bits per heavy atom. The molecule has 0 fully saturated rings. The van der Waals surface area contributed by atoms with Crippen molar-refractivity contribution in [1.29, 1.82) is 0 Å². The van der Waals surface area contributed by atoms with Crippen LogP contribution in [0, 0.1) is 11.6 Å². The van der Waals surface area contributed by atoms with Gasteiger partial charge in [0.15, 0.2) is 5.96 Å². The van der Waals surface area contributed by atoms with E-state index in [1.807, 2.05) is 0 Å². The average Bonchev–Trinajstić information content (AvgIpc) is 3.14. The van der Waals surface area contributed by atoms with E-state index in [0.29, 0.717) is 28.3 Å². The summed E-state index contributed by atoms with van der Waals surface area (Å²) < 4.78 is 32.2. The van der Waals surface area contributed by atoms with Crippen molar-refractivity contribution < 1.29 is 13.3 Å². The molecule has 154 valence electrons. The molecule has 0 aliphatic rings. The van der Waals surface area contributed by atoms with Crippen LogP contribution in [0.2, 0.25) is 5.02 Å². The van der Waals surface area contributed by atoms with Crippen LogP contribution in [-0.4, -0.2) is 23.1 Å². The SMILES string of the molecule is CN=C(NCc1nc(-c2ccc(Cl)cc2)no1)NC(C)c1ccc(F)cc1F.I. The van der Waals surface area contributed by atoms with Crippen LogP contribution in [0.5, 0.6) is 0 Å². The second-order valence-electron chi connectivity index (χ2n) is 5.98. The highest BCUT2D eigenvalue weighted by Crippen LogP contribution is 2.19. The number of guanidine groups is 1. The number of halogens is 4. The molecule has 0 bridgehead atoms. The van der Waals surface area contributed by atoms with E-state index in [0.717, 1.165) is 11.6 Å². The quantitative estimate of drug-likeness (QED) is 0.282. The molecule has 10 heteroatoms. The Bertz CT molecular complexity index is 981. The minimum absolute atomic E-state index is 0. The second-order valence-corrected chi connectivity index (χ2v) is 6.41. The lowest BCUT2D eigenvalue weighted by molar-refractivity contribution is 0.375. The van der Waals surface area contributed by atoms with Gasteiger partial charge in [0, 0.05) is 29.3 Å². The molecule has 0 radical (unpaired) electrons. The van der Waals surface area contributed by atoms with Gasteiger partial charge < -0.3 is 15.2 Å². The molecular weight excluding hydrogens is 515 g/mol. The molecule has 3 rings (SSSR count). The van der Waals surface area contributed by atoms with Crippen molar-refractivity contribution in [3.8, 4) is 11.4 Å². The van der Waals surface area contributed by atoms with Crippen LogP contribution in [0.3, 0.4) is 0 Å². The van der Waals surface area contributed by atoms with Gasteiger partial charge in [-0.25, -0.2) is 8.78 Å². The molecule has 29 heavy (non-hydrogen) atoms. The van der Waals surface area contributed by atoms with Crippen molar-refractivity contribution in [2.45, 2.75) is 19.5 Å². The predicted molar refractivity (Wildman–Crippen MR) is 118 cm³/mol. The van der Waals surface area contributed by atoms with Crippen molar-refractivity contribution >= 4 is 41.5 Å². The van der Waals surface area contributed by atoms with Crippen molar-refractivity contribution in [2.24, 2.45) is 4.99 Å². The molecule has 1 unspecified atom stereocenters. The number of nitrogens with zero attached hydrogens (tertiary/aromatic N) is 3. The lowest BCUT2D eigenvalue weighted by atomic mass is 10.1. The molecule has 6 nitrogen and oxygen atoms in total. The number of hydrogen-bond donors (Lipinski definition) is 2. The number of aromatic nitrogens is 2. The summed E-state index contributed by atoms with van der Waals surface area (Å²) in [6, 6.07) is 10.1. The summed E-state index contributed by atoms with van der Waals surface area (Å²) in [5.41, 5.74) is 1.11. The summed E-state index contributed by atoms with van der Waals surface area (Å²) in [6.45, 7) is 1.97. The minimum Gasteiger partial charge on any atom is -0.350 e. The Morgan fingerprint density at radius 3 is 2.59 bits per heavy atom. The molecule has 0 saturated heterocycles. The van der Waals surface area contributed by atoms with E-state index < -0.39 is 17.7 Å². The molecule has 0 amide bonds. The van der Waals surface area contributed by atoms with Gasteiger partial charge in [-0.2, -0.15) is 4.98 Å². The van der Waals surface area contributed by atoms with Gasteiger partial charge in [-0.15, -0.1) is 24.0 Å². The largest absolute Gasteiger partial charge is 0.350 e. The number of rotatable bonds is 5. The maximum atomic E-state index is 13.9. The maximum absolute atomic E-state index is 13.9. The van der Waals surface area contributed by atoms with Crippen LogP contribution in [0.1, 0.15) is 24.4 Å². The zero-order valence-corrected chi connectivity index (χ0v) is 18.7. The van der Waals surface area contributed by atoms with Gasteiger partial charge in [0.2, 0.25) is 11.7 Å². The third kappa shape index (κ3) is 6.10. The van der Waals surface area contributed by atoms with Crippen molar-refractivity contribution in [1.82, 2.24) is 20.8 Å². The Labute approximate surface area is 188 Å². The molecule has 0 aliphatic carbocycles. The second kappa shape index (κ2) is 10.5. The highest BCUT2D eigenvalue weighted by Gasteiger charge is 2.14. The number of benzene rings is 2. The Morgan fingerprint density at radius 2 is 1.93 bits per heavy atom. The fraction of sp³-hybridized carbons (Fsp3) is 0.211. The molecule has 0 saturated carbocycles. The zero-order valence-electron chi connectivity index (χ0n) is 15.6. The highest BCUT2D eigenvalue weighted by molar-refractivity contribution is 14.0. The maximum Gasteiger partial charge on any atom is 0.246 e. The molecule has 1 heterocycles. The smallest absolute Gasteiger partial charge is 0.246 e. The van der Waals surface area contributed by atoms with E-state index in [-0.39, 0.29) is 30.5 Å². The number of hydrogen-bond acceptors (Lipinski definition) is 4. The standard InChI is InChI=1S/C19H18ClF2N5O.HI/c1-11(15-8-7-14(21)9-16(15)22)25-19(23-2)24-10-17-26-18(27-28-17)12-3-5-13(20)6-4-12;/h3-9,11H,10H2,1-2H3,(H2,23,24,25);1H. The fourth-order valence-corrected chi connectivity index (χ4v) is 2.66. The van der Waals surface area contributed by atoms with Gasteiger partial charge in [0.1, 0.15) is 11.6 Å². The zero-order chi connectivity index (χ0) is 20.1. The van der Waals surface area contributed by atoms with Crippen LogP contribution in [-0.2, 0) is 6.54 Å². The lowest BCUT2D eigenvalue weighted by Gasteiger charge is -2.18. The Kier molecular flexibility index (Phi) is 8.32. The predicted octanol–water partition coefficient (Wildman–Crippen LogP) is 4.71. The van der Waals surface area contributed by atoms with Crippen LogP contribution in [0.4, 0.5) is 8.78 Å². The normalized spacial score (nSPS) is 12.2. The topological polar surface area (TPSA) is 75.3 Å². The van der Waals surface area contributed by atoms with E-state index in [2.05, 4.69) is 25.8 Å². The van der Waals surface area contributed by atoms with E-state index >= 15 is 0 Å². The summed E-state index contributed by atoms with van der Waals surface area (Å²) >= 11 is 5.87. The van der Waals surface area contributed by atoms with Gasteiger partial charge in [-0.3, -0.25) is 4.99 Å². The van der Waals surface area contributed by atoms with E-state index in [9.17, 15) is 8.78 Å². The van der Waals surface area contributed by atoms with Crippen molar-refractivity contribution in [2.75, 3.05) is 7.05 Å². The summed E-state index contributed by atoms with van der Waals surface area (Å²) in [4.78, 5) is 8.39. The fourth-order valence-electron chi connectivity index (χ4n) is 2.53. The third-order valence-corrected chi connectivity index (χ3v) is 4.24. The molecule has 1 atom stereocenters. The van der Waals surface area contributed by atoms with Crippen LogP contribution < -0.4 is 10.6 Å². The third-order valence-electron chi connectivity index (χ3n) is 3.98. The first-order valence-electron chi connectivity index (χ1n) is 8.47. The van der Waals surface area contributed by atoms with Crippen LogP contribution in [0.25, 0.3) is 11.4 Å². The molecule has 1 aromatic heterocycles. The Balaban J connectivity index is 0.00000300. The van der Waals surface area contributed by atoms with Crippen molar-refractivity contribution in [3.05, 3.63) is 70.6 Å². The molecule has 3 aromatic rings. The molecular formula is C19H19ClF2IN5O. The number of nitrogens with one attached hydrogen (secondary N) is 2. The van der Waals surface area contributed by atoms with Crippen molar-refractivity contribution in [3.63, 3.8) is 0 Å². The van der Waals surface area contributed by atoms with Gasteiger partial charge in [0.05, 0.1) is 12.6 Å². The highest BCUT2D eigenvalue weighted by atomic mass is 127. The monoisotopic (exact) mass is 533 g/mol. The lowest BCUT2D eigenvalue weighted by Crippen LogP contribution is -2.38. The summed E-state index contributed by atoms with van der Waals surface area (Å²) in [6.07, 6.45) is 0. The van der Waals surface area contributed by atoms with Gasteiger partial charge >= 0.3 is 0 Å². The van der Waals surface area contributed by atoms with E-state index in [1.54, 1.807) is 38.2 Å². The molecule has 0 aliphatic heterocycles. The molecule has 0 spiro atoms. The summed E-state index contributed by atoms with van der Waals surface area (Å²) in [5.74, 6) is -0.0436. The Hall–Kier alpha value is -2.27. The van der Waals surface area contributed by atoms with E-state index in [4.69, 9.17) is 16.1 Å². The summed E-state index contributed by atoms with van der Waals surface area (Å²) in [7, 11) is 1.58. The average molecular weight is 534 g/mol. The minimum atomic E-state index is -0.625. The first-order chi connectivity index (χ1) is 13.5. The van der Waals surface area contributed by atoms with Crippen LogP contribution in [0.15, 0.2) is 52.0 Å². The summed E-state index contributed by atoms with van der Waals surface area (Å²) in [5, 5.41) is 10.6. The van der Waals surface area contributed by atoms with Gasteiger partial charge in [-0.1, -0.05) is 22.8 Å². The van der Waals surface area contributed by atoms with Crippen LogP contribution >= 0.6 is 35.6 Å². The van der Waals surface area contributed by atoms with Gasteiger partial charge in [0.25, 0.3) is 0 Å². The van der Waals surface area contributed by atoms with E-state index in [1.165, 1.54) is 12.1 Å². The first-order valence-corrected chi connectivity index (χ1v) is 8.84. The molecule has 2 N–H and O–H groups in total. The number of aliphatic imine (C=N–C) groups is 1.